The number of aliphatic imine (C=N–C) groups is 1. The molecule has 35 heavy (non-hydrogen) atoms. The molecule has 2 unspecified atom stereocenters. The summed E-state index contributed by atoms with van der Waals surface area (Å²) in [5.41, 5.74) is 9.23. The number of aryl methyl sites for hydroxylation is 1. The predicted molar refractivity (Wildman–Crippen MR) is 140 cm³/mol. The fraction of sp³-hybridized carbons (Fsp3) is 0.192. The van der Waals surface area contributed by atoms with Gasteiger partial charge in [0, 0.05) is 21.9 Å². The molecule has 1 heterocycles. The van der Waals surface area contributed by atoms with Crippen molar-refractivity contribution in [2.75, 3.05) is 17.2 Å². The average Bonchev–Trinajstić information content (AvgIpc) is 2.98. The second kappa shape index (κ2) is 10.7. The molecule has 3 aromatic carbocycles. The standard InChI is InChI=1S/C26H24ClFN4O2S/c1-15-7-9-18(28)12-22(15)32-21-10-8-17(27)11-19(21)24(16-5-3-2-4-6-16)31-25(26(32)34)30-13-23(33)20(29)14-35/h2-12,20,25,30,35H,13-14,29H2,1H3. The number of nitrogens with zero attached hydrogens (tertiary/aromatic N) is 2. The maximum Gasteiger partial charge on any atom is 0.271 e. The van der Waals surface area contributed by atoms with Crippen LogP contribution in [0.4, 0.5) is 15.8 Å². The largest absolute Gasteiger partial charge is 0.321 e. The van der Waals surface area contributed by atoms with E-state index in [1.807, 2.05) is 30.3 Å². The van der Waals surface area contributed by atoms with E-state index in [9.17, 15) is 14.0 Å². The number of fused-ring (bicyclic) bond motifs is 1. The van der Waals surface area contributed by atoms with Crippen LogP contribution in [0.5, 0.6) is 0 Å². The number of halogens is 2. The molecule has 1 aliphatic rings. The number of carbonyl (C=O) groups excluding carboxylic acids is 2. The Labute approximate surface area is 213 Å². The summed E-state index contributed by atoms with van der Waals surface area (Å²) in [6.07, 6.45) is -1.14. The molecule has 0 radical (unpaired) electrons. The molecule has 1 amide bonds. The minimum atomic E-state index is -1.14. The van der Waals surface area contributed by atoms with E-state index in [1.54, 1.807) is 31.2 Å². The van der Waals surface area contributed by atoms with Gasteiger partial charge in [0.15, 0.2) is 11.9 Å². The van der Waals surface area contributed by atoms with E-state index in [4.69, 9.17) is 22.3 Å². The summed E-state index contributed by atoms with van der Waals surface area (Å²) >= 11 is 10.4. The number of thiol groups is 1. The molecule has 4 rings (SSSR count). The molecule has 0 bridgehead atoms. The van der Waals surface area contributed by atoms with Gasteiger partial charge in [-0.05, 0) is 42.8 Å². The number of nitrogens with one attached hydrogen (secondary N) is 1. The Morgan fingerprint density at radius 1 is 1.17 bits per heavy atom. The second-order valence-corrected chi connectivity index (χ2v) is 8.95. The molecule has 3 aromatic rings. The van der Waals surface area contributed by atoms with Gasteiger partial charge in [-0.3, -0.25) is 24.8 Å². The van der Waals surface area contributed by atoms with Crippen LogP contribution in [0.3, 0.4) is 0 Å². The molecule has 0 aliphatic carbocycles. The SMILES string of the molecule is Cc1ccc(F)cc1N1C(=O)C(NCC(=O)C(N)CS)N=C(c2ccccc2)c2cc(Cl)ccc21. The van der Waals surface area contributed by atoms with E-state index in [-0.39, 0.29) is 18.1 Å². The van der Waals surface area contributed by atoms with Gasteiger partial charge in [0.25, 0.3) is 5.91 Å². The Morgan fingerprint density at radius 3 is 2.63 bits per heavy atom. The number of anilines is 2. The molecule has 0 fully saturated rings. The predicted octanol–water partition coefficient (Wildman–Crippen LogP) is 4.05. The zero-order valence-electron chi connectivity index (χ0n) is 18.9. The highest BCUT2D eigenvalue weighted by Gasteiger charge is 2.34. The monoisotopic (exact) mass is 510 g/mol. The van der Waals surface area contributed by atoms with E-state index in [0.29, 0.717) is 33.2 Å². The fourth-order valence-corrected chi connectivity index (χ4v) is 4.22. The van der Waals surface area contributed by atoms with Crippen LogP contribution < -0.4 is 16.0 Å². The highest BCUT2D eigenvalue weighted by Crippen LogP contribution is 2.37. The summed E-state index contributed by atoms with van der Waals surface area (Å²) in [7, 11) is 0. The number of benzodiazepines with no additional fused rings is 1. The van der Waals surface area contributed by atoms with Crippen LogP contribution in [0.25, 0.3) is 0 Å². The van der Waals surface area contributed by atoms with Crippen LogP contribution >= 0.6 is 24.2 Å². The molecule has 9 heteroatoms. The summed E-state index contributed by atoms with van der Waals surface area (Å²) in [6.45, 7) is 1.61. The lowest BCUT2D eigenvalue weighted by atomic mass is 9.99. The zero-order valence-corrected chi connectivity index (χ0v) is 20.6. The van der Waals surface area contributed by atoms with E-state index < -0.39 is 23.9 Å². The van der Waals surface area contributed by atoms with Gasteiger partial charge >= 0.3 is 0 Å². The molecule has 0 spiro atoms. The van der Waals surface area contributed by atoms with Crippen molar-refractivity contribution in [3.63, 3.8) is 0 Å². The second-order valence-electron chi connectivity index (χ2n) is 8.15. The number of Topliss-reactive ketones (excluding diaryl/α,β-unsaturated/α-hetero) is 1. The Bertz CT molecular complexity index is 1300. The van der Waals surface area contributed by atoms with Crippen molar-refractivity contribution in [3.8, 4) is 0 Å². The Hall–Kier alpha value is -3.04. The van der Waals surface area contributed by atoms with Crippen LogP contribution in [0, 0.1) is 12.7 Å². The van der Waals surface area contributed by atoms with E-state index >= 15 is 0 Å². The number of nitrogens with two attached hydrogens (primary N) is 1. The Kier molecular flexibility index (Phi) is 7.66. The van der Waals surface area contributed by atoms with Gasteiger partial charge in [0.2, 0.25) is 0 Å². The highest BCUT2D eigenvalue weighted by molar-refractivity contribution is 7.80. The molecule has 1 aliphatic heterocycles. The normalized spacial score (nSPS) is 16.4. The third kappa shape index (κ3) is 5.31. The van der Waals surface area contributed by atoms with Gasteiger partial charge in [-0.25, -0.2) is 4.39 Å². The number of ketones is 1. The summed E-state index contributed by atoms with van der Waals surface area (Å²) in [4.78, 5) is 32.5. The van der Waals surface area contributed by atoms with Gasteiger partial charge in [0.1, 0.15) is 5.82 Å². The molecule has 0 aromatic heterocycles. The molecule has 3 N–H and O–H groups in total. The maximum absolute atomic E-state index is 14.3. The zero-order chi connectivity index (χ0) is 25.1. The van der Waals surface area contributed by atoms with Crippen molar-refractivity contribution >= 4 is 53.0 Å². The van der Waals surface area contributed by atoms with Crippen LogP contribution in [0.15, 0.2) is 71.7 Å². The third-order valence-electron chi connectivity index (χ3n) is 5.71. The molecule has 0 saturated heterocycles. The lowest BCUT2D eigenvalue weighted by molar-refractivity contribution is -0.121. The average molecular weight is 511 g/mol. The Morgan fingerprint density at radius 2 is 1.91 bits per heavy atom. The lowest BCUT2D eigenvalue weighted by Gasteiger charge is -2.27. The van der Waals surface area contributed by atoms with Crippen LogP contribution in [-0.2, 0) is 9.59 Å². The summed E-state index contributed by atoms with van der Waals surface area (Å²) in [5.74, 6) is -1.08. The third-order valence-corrected chi connectivity index (χ3v) is 6.33. The van der Waals surface area contributed by atoms with Gasteiger partial charge in [-0.1, -0.05) is 48.0 Å². The van der Waals surface area contributed by atoms with E-state index in [0.717, 1.165) is 5.56 Å². The number of rotatable bonds is 7. The number of carbonyl (C=O) groups is 2. The molecule has 6 nitrogen and oxygen atoms in total. The van der Waals surface area contributed by atoms with Crippen LogP contribution in [0.2, 0.25) is 5.02 Å². The molecule has 0 saturated carbocycles. The minimum Gasteiger partial charge on any atom is -0.321 e. The Balaban J connectivity index is 1.91. The van der Waals surface area contributed by atoms with Gasteiger partial charge < -0.3 is 5.73 Å². The van der Waals surface area contributed by atoms with Crippen molar-refractivity contribution in [1.29, 1.82) is 0 Å². The smallest absolute Gasteiger partial charge is 0.271 e. The number of amides is 1. The summed E-state index contributed by atoms with van der Waals surface area (Å²) < 4.78 is 14.3. The van der Waals surface area contributed by atoms with Crippen LogP contribution in [-0.4, -0.2) is 41.9 Å². The quantitative estimate of drug-likeness (QED) is 0.418. The van der Waals surface area contributed by atoms with Crippen LogP contribution in [0.1, 0.15) is 16.7 Å². The van der Waals surface area contributed by atoms with Gasteiger partial charge in [-0.2, -0.15) is 12.6 Å². The highest BCUT2D eigenvalue weighted by atomic mass is 35.5. The van der Waals surface area contributed by atoms with E-state index in [1.165, 1.54) is 17.0 Å². The number of hydrogen-bond donors (Lipinski definition) is 3. The first-order chi connectivity index (χ1) is 16.8. The topological polar surface area (TPSA) is 87.8 Å². The van der Waals surface area contributed by atoms with Crippen molar-refractivity contribution in [2.45, 2.75) is 19.1 Å². The maximum atomic E-state index is 14.3. The lowest BCUT2D eigenvalue weighted by Crippen LogP contribution is -2.48. The van der Waals surface area contributed by atoms with Crippen molar-refractivity contribution in [3.05, 3.63) is 94.3 Å². The van der Waals surface area contributed by atoms with Gasteiger partial charge in [-0.15, -0.1) is 0 Å². The number of benzene rings is 3. The fourth-order valence-electron chi connectivity index (χ4n) is 3.85. The summed E-state index contributed by atoms with van der Waals surface area (Å²) in [5, 5.41) is 3.40. The van der Waals surface area contributed by atoms with Crippen molar-refractivity contribution in [1.82, 2.24) is 5.32 Å². The summed E-state index contributed by atoms with van der Waals surface area (Å²) in [6, 6.07) is 17.9. The molecular formula is C26H24ClFN4O2S. The first kappa shape index (κ1) is 25.1. The minimum absolute atomic E-state index is 0.177. The molecule has 180 valence electrons. The first-order valence-corrected chi connectivity index (χ1v) is 12.0. The first-order valence-electron chi connectivity index (χ1n) is 11.0. The van der Waals surface area contributed by atoms with Crippen molar-refractivity contribution < 1.29 is 14.0 Å². The molecule has 2 atom stereocenters. The van der Waals surface area contributed by atoms with Gasteiger partial charge in [0.05, 0.1) is 29.7 Å². The number of hydrogen-bond acceptors (Lipinski definition) is 6. The molecular weight excluding hydrogens is 487 g/mol. The van der Waals surface area contributed by atoms with Crippen molar-refractivity contribution in [2.24, 2.45) is 10.7 Å². The van der Waals surface area contributed by atoms with E-state index in [2.05, 4.69) is 17.9 Å².